The standard InChI is InChI=1S/C16H24O2/c1-10(2)14-12(4)8-11(3)9-13(14)18-15(17)16(5,6)7/h8-10H,1-7H3. The molecule has 1 rings (SSSR count). The largest absolute Gasteiger partial charge is 0.426 e. The van der Waals surface area contributed by atoms with Crippen molar-refractivity contribution in [1.29, 1.82) is 0 Å². The Labute approximate surface area is 110 Å². The molecule has 2 heteroatoms. The Morgan fingerprint density at radius 1 is 1.17 bits per heavy atom. The molecule has 0 aliphatic heterocycles. The number of hydrogen-bond acceptors (Lipinski definition) is 2. The van der Waals surface area contributed by atoms with Gasteiger partial charge in [-0.1, -0.05) is 19.9 Å². The number of benzene rings is 1. The summed E-state index contributed by atoms with van der Waals surface area (Å²) in [5.74, 6) is 0.866. The molecule has 0 spiro atoms. The van der Waals surface area contributed by atoms with Crippen LogP contribution in [0.2, 0.25) is 0 Å². The zero-order valence-corrected chi connectivity index (χ0v) is 12.5. The summed E-state index contributed by atoms with van der Waals surface area (Å²) in [6.07, 6.45) is 0. The number of aryl methyl sites for hydroxylation is 2. The average Bonchev–Trinajstić information content (AvgIpc) is 2.13. The summed E-state index contributed by atoms with van der Waals surface area (Å²) in [6.45, 7) is 13.9. The van der Waals surface area contributed by atoms with Crippen LogP contribution in [0.15, 0.2) is 12.1 Å². The van der Waals surface area contributed by atoms with E-state index < -0.39 is 5.41 Å². The van der Waals surface area contributed by atoms with Crippen molar-refractivity contribution in [3.8, 4) is 5.75 Å². The average molecular weight is 248 g/mol. The normalized spacial score (nSPS) is 11.8. The van der Waals surface area contributed by atoms with Gasteiger partial charge in [0.15, 0.2) is 0 Å². The van der Waals surface area contributed by atoms with Crippen LogP contribution in [-0.2, 0) is 4.79 Å². The molecule has 0 saturated carbocycles. The third-order valence-electron chi connectivity index (χ3n) is 2.89. The van der Waals surface area contributed by atoms with E-state index in [-0.39, 0.29) is 5.97 Å². The van der Waals surface area contributed by atoms with Gasteiger partial charge in [0, 0.05) is 5.56 Å². The maximum Gasteiger partial charge on any atom is 0.316 e. The lowest BCUT2D eigenvalue weighted by molar-refractivity contribution is -0.143. The van der Waals surface area contributed by atoms with Crippen molar-refractivity contribution < 1.29 is 9.53 Å². The molecule has 0 fully saturated rings. The molecule has 0 bridgehead atoms. The Balaban J connectivity index is 3.19. The Morgan fingerprint density at radius 2 is 1.72 bits per heavy atom. The Hall–Kier alpha value is -1.31. The van der Waals surface area contributed by atoms with E-state index in [1.165, 1.54) is 5.56 Å². The summed E-state index contributed by atoms with van der Waals surface area (Å²) in [5, 5.41) is 0. The second-order valence-corrected chi connectivity index (χ2v) is 6.29. The van der Waals surface area contributed by atoms with Crippen molar-refractivity contribution in [3.05, 3.63) is 28.8 Å². The first-order valence-electron chi connectivity index (χ1n) is 6.46. The lowest BCUT2D eigenvalue weighted by Crippen LogP contribution is -2.26. The van der Waals surface area contributed by atoms with E-state index in [0.717, 1.165) is 11.1 Å². The van der Waals surface area contributed by atoms with Gasteiger partial charge in [0.05, 0.1) is 5.41 Å². The quantitative estimate of drug-likeness (QED) is 0.573. The fourth-order valence-electron chi connectivity index (χ4n) is 2.02. The highest BCUT2D eigenvalue weighted by atomic mass is 16.5. The summed E-state index contributed by atoms with van der Waals surface area (Å²) in [4.78, 5) is 12.0. The Kier molecular flexibility index (Phi) is 4.20. The Morgan fingerprint density at radius 3 is 2.17 bits per heavy atom. The second-order valence-electron chi connectivity index (χ2n) is 6.29. The smallest absolute Gasteiger partial charge is 0.316 e. The van der Waals surface area contributed by atoms with Crippen molar-refractivity contribution in [1.82, 2.24) is 0 Å². The number of carbonyl (C=O) groups excluding carboxylic acids is 1. The molecule has 0 atom stereocenters. The van der Waals surface area contributed by atoms with E-state index in [1.54, 1.807) is 0 Å². The van der Waals surface area contributed by atoms with Crippen molar-refractivity contribution in [2.45, 2.75) is 54.4 Å². The first-order valence-corrected chi connectivity index (χ1v) is 6.46. The molecular weight excluding hydrogens is 224 g/mol. The van der Waals surface area contributed by atoms with Gasteiger partial charge in [0.2, 0.25) is 0 Å². The molecule has 1 aromatic carbocycles. The molecule has 0 aliphatic carbocycles. The lowest BCUT2D eigenvalue weighted by atomic mass is 9.94. The van der Waals surface area contributed by atoms with Crippen molar-refractivity contribution in [2.75, 3.05) is 0 Å². The van der Waals surface area contributed by atoms with Crippen LogP contribution in [-0.4, -0.2) is 5.97 Å². The third kappa shape index (κ3) is 3.34. The molecule has 0 heterocycles. The Bertz CT molecular complexity index is 451. The maximum absolute atomic E-state index is 12.0. The van der Waals surface area contributed by atoms with Crippen molar-refractivity contribution in [3.63, 3.8) is 0 Å². The molecule has 0 radical (unpaired) electrons. The van der Waals surface area contributed by atoms with E-state index in [0.29, 0.717) is 11.7 Å². The number of esters is 1. The van der Waals surface area contributed by atoms with E-state index in [4.69, 9.17) is 4.74 Å². The van der Waals surface area contributed by atoms with Crippen LogP contribution in [0.3, 0.4) is 0 Å². The maximum atomic E-state index is 12.0. The van der Waals surface area contributed by atoms with Crippen LogP contribution in [0.4, 0.5) is 0 Å². The van der Waals surface area contributed by atoms with Crippen LogP contribution >= 0.6 is 0 Å². The molecule has 18 heavy (non-hydrogen) atoms. The first-order chi connectivity index (χ1) is 8.12. The number of hydrogen-bond donors (Lipinski definition) is 0. The predicted octanol–water partition coefficient (Wildman–Crippen LogP) is 4.38. The van der Waals surface area contributed by atoms with Crippen LogP contribution < -0.4 is 4.74 Å². The lowest BCUT2D eigenvalue weighted by Gasteiger charge is -2.21. The summed E-state index contributed by atoms with van der Waals surface area (Å²) in [5.41, 5.74) is 2.94. The molecule has 100 valence electrons. The van der Waals surface area contributed by atoms with E-state index >= 15 is 0 Å². The highest BCUT2D eigenvalue weighted by molar-refractivity contribution is 5.78. The van der Waals surface area contributed by atoms with Gasteiger partial charge in [0.1, 0.15) is 5.75 Å². The molecule has 0 aromatic heterocycles. The summed E-state index contributed by atoms with van der Waals surface area (Å²) in [7, 11) is 0. The van der Waals surface area contributed by atoms with Crippen molar-refractivity contribution >= 4 is 5.97 Å². The highest BCUT2D eigenvalue weighted by Crippen LogP contribution is 2.32. The van der Waals surface area contributed by atoms with Gasteiger partial charge in [0.25, 0.3) is 0 Å². The fraction of sp³-hybridized carbons (Fsp3) is 0.562. The number of rotatable bonds is 2. The van der Waals surface area contributed by atoms with Gasteiger partial charge in [-0.3, -0.25) is 4.79 Å². The van der Waals surface area contributed by atoms with Crippen LogP contribution in [0, 0.1) is 19.3 Å². The zero-order chi connectivity index (χ0) is 14.1. The van der Waals surface area contributed by atoms with E-state index in [9.17, 15) is 4.79 Å². The van der Waals surface area contributed by atoms with E-state index in [1.807, 2.05) is 33.8 Å². The number of carbonyl (C=O) groups is 1. The minimum Gasteiger partial charge on any atom is -0.426 e. The van der Waals surface area contributed by atoms with Crippen LogP contribution in [0.5, 0.6) is 5.75 Å². The third-order valence-corrected chi connectivity index (χ3v) is 2.89. The van der Waals surface area contributed by atoms with Gasteiger partial charge in [-0.05, 0) is 57.7 Å². The molecule has 1 aromatic rings. The van der Waals surface area contributed by atoms with Gasteiger partial charge in [-0.25, -0.2) is 0 Å². The SMILES string of the molecule is Cc1cc(C)c(C(C)C)c(OC(=O)C(C)(C)C)c1. The molecule has 0 saturated heterocycles. The monoisotopic (exact) mass is 248 g/mol. The minimum atomic E-state index is -0.480. The second kappa shape index (κ2) is 5.13. The summed E-state index contributed by atoms with van der Waals surface area (Å²) in [6, 6.07) is 4.08. The van der Waals surface area contributed by atoms with Gasteiger partial charge >= 0.3 is 5.97 Å². The molecule has 0 N–H and O–H groups in total. The topological polar surface area (TPSA) is 26.3 Å². The highest BCUT2D eigenvalue weighted by Gasteiger charge is 2.25. The minimum absolute atomic E-state index is 0.186. The van der Waals surface area contributed by atoms with Crippen molar-refractivity contribution in [2.24, 2.45) is 5.41 Å². The molecule has 0 aliphatic rings. The zero-order valence-electron chi connectivity index (χ0n) is 12.5. The molecule has 2 nitrogen and oxygen atoms in total. The number of ether oxygens (including phenoxy) is 1. The van der Waals surface area contributed by atoms with Gasteiger partial charge in [-0.15, -0.1) is 0 Å². The summed E-state index contributed by atoms with van der Waals surface area (Å²) >= 11 is 0. The summed E-state index contributed by atoms with van der Waals surface area (Å²) < 4.78 is 5.59. The molecule has 0 unspecified atom stereocenters. The first kappa shape index (κ1) is 14.7. The molecular formula is C16H24O2. The van der Waals surface area contributed by atoms with Crippen LogP contribution in [0.1, 0.15) is 57.2 Å². The van der Waals surface area contributed by atoms with Gasteiger partial charge < -0.3 is 4.74 Å². The molecule has 0 amide bonds. The van der Waals surface area contributed by atoms with Crippen LogP contribution in [0.25, 0.3) is 0 Å². The predicted molar refractivity (Wildman–Crippen MR) is 75.1 cm³/mol. The van der Waals surface area contributed by atoms with E-state index in [2.05, 4.69) is 26.8 Å². The fourth-order valence-corrected chi connectivity index (χ4v) is 2.02. The van der Waals surface area contributed by atoms with Gasteiger partial charge in [-0.2, -0.15) is 0 Å².